The van der Waals surface area contributed by atoms with Crippen LogP contribution >= 0.6 is 22.9 Å². The summed E-state index contributed by atoms with van der Waals surface area (Å²) < 4.78 is 1.63. The van der Waals surface area contributed by atoms with Gasteiger partial charge in [-0.2, -0.15) is 5.10 Å². The van der Waals surface area contributed by atoms with E-state index < -0.39 is 0 Å². The number of halogens is 1. The van der Waals surface area contributed by atoms with Gasteiger partial charge in [0.05, 0.1) is 17.8 Å². The molecule has 8 heteroatoms. The molecule has 2 heterocycles. The Kier molecular flexibility index (Phi) is 5.45. The van der Waals surface area contributed by atoms with E-state index in [0.29, 0.717) is 28.1 Å². The zero-order chi connectivity index (χ0) is 17.8. The molecule has 0 bridgehead atoms. The molecule has 0 saturated carbocycles. The van der Waals surface area contributed by atoms with Gasteiger partial charge in [-0.05, 0) is 18.9 Å². The van der Waals surface area contributed by atoms with Crippen LogP contribution in [0, 0.1) is 6.92 Å². The lowest BCUT2D eigenvalue weighted by atomic mass is 10.2. The number of nitrogens with zero attached hydrogens (tertiary/aromatic N) is 4. The van der Waals surface area contributed by atoms with Crippen LogP contribution in [-0.4, -0.2) is 25.9 Å². The molecule has 0 aliphatic carbocycles. The molecule has 3 aromatic rings. The molecule has 0 radical (unpaired) electrons. The van der Waals surface area contributed by atoms with E-state index in [-0.39, 0.29) is 5.91 Å². The summed E-state index contributed by atoms with van der Waals surface area (Å²) in [5.74, 6) is -0.319. The highest BCUT2D eigenvalue weighted by atomic mass is 35.5. The fraction of sp³-hybridized carbons (Fsp3) is 0.294. The van der Waals surface area contributed by atoms with Crippen molar-refractivity contribution in [2.45, 2.75) is 33.2 Å². The van der Waals surface area contributed by atoms with E-state index in [0.717, 1.165) is 23.4 Å². The number of anilines is 1. The number of hydrogen-bond donors (Lipinski definition) is 1. The Bertz CT molecular complexity index is 875. The molecule has 0 atom stereocenters. The van der Waals surface area contributed by atoms with Gasteiger partial charge in [0.25, 0.3) is 5.91 Å². The largest absolute Gasteiger partial charge is 0.296 e. The van der Waals surface area contributed by atoms with Crippen LogP contribution in [0.1, 0.15) is 40.0 Å². The quantitative estimate of drug-likeness (QED) is 0.708. The summed E-state index contributed by atoms with van der Waals surface area (Å²) in [5, 5.41) is 16.9. The molecule has 0 aliphatic rings. The second-order valence-corrected chi connectivity index (χ2v) is 7.02. The summed E-state index contributed by atoms with van der Waals surface area (Å²) in [5.41, 5.74) is 2.01. The van der Waals surface area contributed by atoms with Gasteiger partial charge in [-0.3, -0.25) is 10.1 Å². The summed E-state index contributed by atoms with van der Waals surface area (Å²) in [7, 11) is 0. The Hall–Kier alpha value is -2.25. The smallest absolute Gasteiger partial charge is 0.262 e. The molecule has 0 saturated heterocycles. The van der Waals surface area contributed by atoms with E-state index in [9.17, 15) is 4.79 Å². The van der Waals surface area contributed by atoms with Crippen molar-refractivity contribution in [3.05, 3.63) is 57.3 Å². The number of aromatic nitrogens is 4. The third-order valence-corrected chi connectivity index (χ3v) is 4.90. The zero-order valence-electron chi connectivity index (χ0n) is 14.0. The van der Waals surface area contributed by atoms with Crippen LogP contribution in [0.2, 0.25) is 5.15 Å². The molecule has 2 aromatic heterocycles. The number of hydrogen-bond acceptors (Lipinski definition) is 5. The highest BCUT2D eigenvalue weighted by Crippen LogP contribution is 2.23. The molecule has 0 aliphatic heterocycles. The van der Waals surface area contributed by atoms with Gasteiger partial charge < -0.3 is 0 Å². The average Bonchev–Trinajstić information content (AvgIpc) is 3.13. The Balaban J connectivity index is 1.78. The lowest BCUT2D eigenvalue weighted by Crippen LogP contribution is -2.13. The maximum absolute atomic E-state index is 12.6. The molecule has 1 aromatic carbocycles. The highest BCUT2D eigenvalue weighted by molar-refractivity contribution is 7.15. The van der Waals surface area contributed by atoms with Crippen molar-refractivity contribution >= 4 is 34.0 Å². The minimum absolute atomic E-state index is 0.317. The Labute approximate surface area is 154 Å². The first kappa shape index (κ1) is 17.6. The van der Waals surface area contributed by atoms with Crippen molar-refractivity contribution in [1.82, 2.24) is 20.0 Å². The van der Waals surface area contributed by atoms with Gasteiger partial charge in [0.2, 0.25) is 5.13 Å². The molecule has 25 heavy (non-hydrogen) atoms. The van der Waals surface area contributed by atoms with Gasteiger partial charge in [-0.1, -0.05) is 60.2 Å². The number of amides is 1. The van der Waals surface area contributed by atoms with Crippen LogP contribution in [0.5, 0.6) is 0 Å². The minimum atomic E-state index is -0.319. The molecule has 1 amide bonds. The van der Waals surface area contributed by atoms with Crippen LogP contribution in [0.3, 0.4) is 0 Å². The van der Waals surface area contributed by atoms with Crippen LogP contribution in [-0.2, 0) is 13.0 Å². The lowest BCUT2D eigenvalue weighted by Gasteiger charge is -2.04. The van der Waals surface area contributed by atoms with E-state index in [1.807, 2.05) is 30.3 Å². The first-order chi connectivity index (χ1) is 12.1. The van der Waals surface area contributed by atoms with E-state index in [1.165, 1.54) is 11.3 Å². The minimum Gasteiger partial charge on any atom is -0.296 e. The maximum atomic E-state index is 12.6. The number of carbonyl (C=O) groups is 1. The van der Waals surface area contributed by atoms with Crippen LogP contribution < -0.4 is 5.32 Å². The normalized spacial score (nSPS) is 10.8. The summed E-state index contributed by atoms with van der Waals surface area (Å²) in [4.78, 5) is 12.6. The number of benzene rings is 1. The molecule has 0 spiro atoms. The molecule has 1 N–H and O–H groups in total. The number of carbonyl (C=O) groups excluding carboxylic acids is 1. The molecular weight excluding hydrogens is 358 g/mol. The summed E-state index contributed by atoms with van der Waals surface area (Å²) in [6.07, 6.45) is 1.84. The third-order valence-electron chi connectivity index (χ3n) is 3.62. The molecule has 130 valence electrons. The van der Waals surface area contributed by atoms with E-state index >= 15 is 0 Å². The monoisotopic (exact) mass is 375 g/mol. The van der Waals surface area contributed by atoms with Crippen LogP contribution in [0.25, 0.3) is 0 Å². The fourth-order valence-corrected chi connectivity index (χ4v) is 3.61. The Morgan fingerprint density at radius 1 is 1.28 bits per heavy atom. The van der Waals surface area contributed by atoms with Crippen molar-refractivity contribution < 1.29 is 4.79 Å². The van der Waals surface area contributed by atoms with Crippen LogP contribution in [0.4, 0.5) is 5.13 Å². The average molecular weight is 376 g/mol. The number of aryl methyl sites for hydroxylation is 2. The third kappa shape index (κ3) is 4.05. The Morgan fingerprint density at radius 3 is 2.76 bits per heavy atom. The molecule has 0 fully saturated rings. The highest BCUT2D eigenvalue weighted by Gasteiger charge is 2.21. The standard InChI is InChI=1S/C17H18ClN5OS/c1-3-7-13-20-21-17(25-13)19-16(24)14-11(2)22-23(15(14)18)10-12-8-5-4-6-9-12/h4-6,8-9H,3,7,10H2,1-2H3,(H,19,21,24). The molecule has 3 rings (SSSR count). The topological polar surface area (TPSA) is 72.7 Å². The first-order valence-corrected chi connectivity index (χ1v) is 9.18. The van der Waals surface area contributed by atoms with Gasteiger partial charge in [-0.25, -0.2) is 4.68 Å². The second-order valence-electron chi connectivity index (χ2n) is 5.60. The van der Waals surface area contributed by atoms with Crippen molar-refractivity contribution in [2.75, 3.05) is 5.32 Å². The van der Waals surface area contributed by atoms with Crippen molar-refractivity contribution in [2.24, 2.45) is 0 Å². The lowest BCUT2D eigenvalue weighted by molar-refractivity contribution is 0.102. The fourth-order valence-electron chi connectivity index (χ4n) is 2.45. The predicted octanol–water partition coefficient (Wildman–Crippen LogP) is 3.95. The van der Waals surface area contributed by atoms with Gasteiger partial charge in [0.1, 0.15) is 10.2 Å². The maximum Gasteiger partial charge on any atom is 0.262 e. The molecular formula is C17H18ClN5OS. The van der Waals surface area contributed by atoms with Gasteiger partial charge in [0.15, 0.2) is 0 Å². The van der Waals surface area contributed by atoms with Crippen molar-refractivity contribution in [3.63, 3.8) is 0 Å². The predicted molar refractivity (Wildman–Crippen MR) is 99.4 cm³/mol. The number of nitrogens with one attached hydrogen (secondary N) is 1. The van der Waals surface area contributed by atoms with E-state index in [2.05, 4.69) is 27.5 Å². The SMILES string of the molecule is CCCc1nnc(NC(=O)c2c(C)nn(Cc3ccccc3)c2Cl)s1. The molecule has 6 nitrogen and oxygen atoms in total. The van der Waals surface area contributed by atoms with Crippen molar-refractivity contribution in [3.8, 4) is 0 Å². The number of rotatable bonds is 6. The van der Waals surface area contributed by atoms with Gasteiger partial charge in [0, 0.05) is 6.42 Å². The van der Waals surface area contributed by atoms with E-state index in [1.54, 1.807) is 11.6 Å². The van der Waals surface area contributed by atoms with E-state index in [4.69, 9.17) is 11.6 Å². The van der Waals surface area contributed by atoms with Gasteiger partial charge in [-0.15, -0.1) is 10.2 Å². The zero-order valence-corrected chi connectivity index (χ0v) is 15.6. The van der Waals surface area contributed by atoms with Crippen LogP contribution in [0.15, 0.2) is 30.3 Å². The first-order valence-electron chi connectivity index (χ1n) is 7.99. The second kappa shape index (κ2) is 7.76. The summed E-state index contributed by atoms with van der Waals surface area (Å²) in [6.45, 7) is 4.35. The summed E-state index contributed by atoms with van der Waals surface area (Å²) in [6, 6.07) is 9.84. The Morgan fingerprint density at radius 2 is 2.04 bits per heavy atom. The summed E-state index contributed by atoms with van der Waals surface area (Å²) >= 11 is 7.78. The van der Waals surface area contributed by atoms with Gasteiger partial charge >= 0.3 is 0 Å². The van der Waals surface area contributed by atoms with Crippen molar-refractivity contribution in [1.29, 1.82) is 0 Å². The molecule has 0 unspecified atom stereocenters.